The van der Waals surface area contributed by atoms with Crippen molar-refractivity contribution in [1.29, 1.82) is 0 Å². The van der Waals surface area contributed by atoms with Gasteiger partial charge in [0.15, 0.2) is 0 Å². The van der Waals surface area contributed by atoms with E-state index in [1.807, 2.05) is 0 Å². The minimum atomic E-state index is -4.81. The summed E-state index contributed by atoms with van der Waals surface area (Å²) in [6, 6.07) is 2.72. The Morgan fingerprint density at radius 2 is 1.22 bits per heavy atom. The molecule has 2 aromatic rings. The van der Waals surface area contributed by atoms with E-state index in [2.05, 4.69) is 0 Å². The number of hydrogen-bond acceptors (Lipinski definition) is 2. The van der Waals surface area contributed by atoms with Crippen LogP contribution in [0.4, 0.5) is 0 Å². The van der Waals surface area contributed by atoms with Gasteiger partial charge in [-0.3, -0.25) is 4.55 Å². The zero-order chi connectivity index (χ0) is 17.7. The minimum Gasteiger partial charge on any atom is -0.282 e. The van der Waals surface area contributed by atoms with E-state index in [0.717, 1.165) is 0 Å². The molecule has 0 heterocycles. The second kappa shape index (κ2) is 6.94. The molecule has 3 nitrogen and oxygen atoms in total. The van der Waals surface area contributed by atoms with Gasteiger partial charge < -0.3 is 0 Å². The molecule has 0 aliphatic rings. The van der Waals surface area contributed by atoms with Gasteiger partial charge in [0.25, 0.3) is 10.1 Å². The smallest absolute Gasteiger partial charge is 0.282 e. The zero-order valence-corrected chi connectivity index (χ0v) is 16.6. The topological polar surface area (TPSA) is 54.4 Å². The second-order valence-electron chi connectivity index (χ2n) is 4.16. The molecule has 2 aromatic carbocycles. The Balaban J connectivity index is 3.07. The molecule has 0 aliphatic carbocycles. The Morgan fingerprint density at radius 3 is 1.74 bits per heavy atom. The van der Waals surface area contributed by atoms with Crippen LogP contribution in [-0.2, 0) is 10.1 Å². The van der Waals surface area contributed by atoms with Crippen LogP contribution in [0.25, 0.3) is 11.1 Å². The van der Waals surface area contributed by atoms with Crippen LogP contribution in [0.15, 0.2) is 17.0 Å². The van der Waals surface area contributed by atoms with E-state index in [0.29, 0.717) is 0 Å². The quantitative estimate of drug-likeness (QED) is 0.285. The monoisotopic (exact) mass is 472 g/mol. The number of rotatable bonds is 2. The molecular weight excluding hydrogens is 472 g/mol. The largest absolute Gasteiger partial charge is 0.296 e. The van der Waals surface area contributed by atoms with Crippen LogP contribution in [0, 0.1) is 0 Å². The van der Waals surface area contributed by atoms with E-state index >= 15 is 0 Å². The molecule has 0 spiro atoms. The third-order valence-electron chi connectivity index (χ3n) is 2.79. The number of benzene rings is 2. The fourth-order valence-corrected chi connectivity index (χ4v) is 4.60. The highest BCUT2D eigenvalue weighted by Crippen LogP contribution is 2.50. The van der Waals surface area contributed by atoms with Crippen molar-refractivity contribution in [2.75, 3.05) is 0 Å². The maximum absolute atomic E-state index is 11.7. The van der Waals surface area contributed by atoms with E-state index in [1.54, 1.807) is 0 Å². The van der Waals surface area contributed by atoms with Gasteiger partial charge in [-0.15, -0.1) is 0 Å². The summed E-state index contributed by atoms with van der Waals surface area (Å²) in [5.41, 5.74) is -0.184. The SMILES string of the molecule is O=S(=O)(O)c1c(Cl)c(Cl)c(Cl)c(Cl)c1-c1ccc(Cl)c(Cl)c1Cl. The molecule has 0 aromatic heterocycles. The predicted molar refractivity (Wildman–Crippen MR) is 96.8 cm³/mol. The van der Waals surface area contributed by atoms with Crippen LogP contribution in [0.1, 0.15) is 0 Å². The Labute approximate surface area is 166 Å². The molecule has 0 bridgehead atoms. The molecule has 0 unspecified atom stereocenters. The molecule has 0 fully saturated rings. The first-order valence-electron chi connectivity index (χ1n) is 5.45. The van der Waals surface area contributed by atoms with Crippen molar-refractivity contribution in [3.63, 3.8) is 0 Å². The van der Waals surface area contributed by atoms with Crippen molar-refractivity contribution in [3.8, 4) is 11.1 Å². The summed E-state index contributed by atoms with van der Waals surface area (Å²) in [7, 11) is -4.81. The molecule has 1 N–H and O–H groups in total. The highest BCUT2D eigenvalue weighted by atomic mass is 35.5. The maximum atomic E-state index is 11.7. The Morgan fingerprint density at radius 1 is 0.696 bits per heavy atom. The van der Waals surface area contributed by atoms with Crippen molar-refractivity contribution < 1.29 is 13.0 Å². The Kier molecular flexibility index (Phi) is 5.95. The van der Waals surface area contributed by atoms with E-state index in [-0.39, 0.29) is 41.3 Å². The number of halogens is 7. The first kappa shape index (κ1) is 19.7. The van der Waals surface area contributed by atoms with Crippen molar-refractivity contribution in [2.45, 2.75) is 4.90 Å². The predicted octanol–water partition coefficient (Wildman–Crippen LogP) is 7.17. The van der Waals surface area contributed by atoms with Crippen LogP contribution in [0.5, 0.6) is 0 Å². The lowest BCUT2D eigenvalue weighted by molar-refractivity contribution is 0.483. The number of hydrogen-bond donors (Lipinski definition) is 1. The fourth-order valence-electron chi connectivity index (χ4n) is 1.81. The molecule has 0 aliphatic heterocycles. The summed E-state index contributed by atoms with van der Waals surface area (Å²) in [6.45, 7) is 0. The van der Waals surface area contributed by atoms with Gasteiger partial charge in [0.2, 0.25) is 0 Å². The van der Waals surface area contributed by atoms with Gasteiger partial charge in [-0.25, -0.2) is 0 Å². The molecule has 0 amide bonds. The van der Waals surface area contributed by atoms with E-state index in [1.165, 1.54) is 12.1 Å². The first-order valence-corrected chi connectivity index (χ1v) is 9.54. The minimum absolute atomic E-state index is 0.0367. The van der Waals surface area contributed by atoms with Gasteiger partial charge in [0, 0.05) is 11.1 Å². The summed E-state index contributed by atoms with van der Waals surface area (Å²) < 4.78 is 33.0. The molecule has 0 saturated carbocycles. The van der Waals surface area contributed by atoms with E-state index < -0.39 is 20.0 Å². The van der Waals surface area contributed by atoms with Gasteiger partial charge in [-0.1, -0.05) is 87.3 Å². The third-order valence-corrected chi connectivity index (χ3v) is 6.92. The van der Waals surface area contributed by atoms with Crippen LogP contribution in [0.2, 0.25) is 35.2 Å². The van der Waals surface area contributed by atoms with Crippen molar-refractivity contribution in [1.82, 2.24) is 0 Å². The van der Waals surface area contributed by atoms with Gasteiger partial charge in [0.1, 0.15) is 4.90 Å². The van der Waals surface area contributed by atoms with Gasteiger partial charge >= 0.3 is 0 Å². The average Bonchev–Trinajstić information content (AvgIpc) is 2.46. The molecule has 23 heavy (non-hydrogen) atoms. The molecule has 0 saturated heterocycles. The second-order valence-corrected chi connectivity index (χ2v) is 8.19. The van der Waals surface area contributed by atoms with Crippen molar-refractivity contribution in [2.24, 2.45) is 0 Å². The Hall–Kier alpha value is 0.380. The van der Waals surface area contributed by atoms with Crippen molar-refractivity contribution in [3.05, 3.63) is 47.3 Å². The summed E-state index contributed by atoms with van der Waals surface area (Å²) in [6.07, 6.45) is 0. The highest BCUT2D eigenvalue weighted by Gasteiger charge is 2.30. The first-order chi connectivity index (χ1) is 10.5. The standard InChI is InChI=1S/C12H3Cl7O3S/c13-4-2-1-3(6(14)7(4)15)5-8(16)9(17)10(18)11(19)12(5)23(20,21)22/h1-2H,(H,20,21,22). The zero-order valence-electron chi connectivity index (χ0n) is 10.5. The molecule has 2 rings (SSSR count). The summed E-state index contributed by atoms with van der Waals surface area (Å²) in [4.78, 5) is -0.737. The van der Waals surface area contributed by atoms with E-state index in [4.69, 9.17) is 81.2 Å². The molecular formula is C12H3Cl7O3S. The van der Waals surface area contributed by atoms with Gasteiger partial charge in [-0.2, -0.15) is 8.42 Å². The van der Waals surface area contributed by atoms with Gasteiger partial charge in [-0.05, 0) is 6.07 Å². The lowest BCUT2D eigenvalue weighted by atomic mass is 10.1. The average molecular weight is 475 g/mol. The van der Waals surface area contributed by atoms with E-state index in [9.17, 15) is 13.0 Å². The summed E-state index contributed by atoms with van der Waals surface area (Å²) in [5.74, 6) is 0. The molecule has 11 heteroatoms. The lowest BCUT2D eigenvalue weighted by Gasteiger charge is -2.16. The highest BCUT2D eigenvalue weighted by molar-refractivity contribution is 7.86. The summed E-state index contributed by atoms with van der Waals surface area (Å²) in [5, 5.41) is -1.30. The lowest BCUT2D eigenvalue weighted by Crippen LogP contribution is -2.04. The molecule has 124 valence electrons. The van der Waals surface area contributed by atoms with Crippen LogP contribution in [0.3, 0.4) is 0 Å². The van der Waals surface area contributed by atoms with Crippen LogP contribution >= 0.6 is 81.2 Å². The normalized spacial score (nSPS) is 11.8. The molecule has 0 radical (unpaired) electrons. The van der Waals surface area contributed by atoms with Gasteiger partial charge in [0.05, 0.1) is 35.2 Å². The van der Waals surface area contributed by atoms with Crippen LogP contribution < -0.4 is 0 Å². The third kappa shape index (κ3) is 3.52. The fraction of sp³-hybridized carbons (Fsp3) is 0. The summed E-state index contributed by atoms with van der Waals surface area (Å²) >= 11 is 41.7. The Bertz CT molecular complexity index is 925. The maximum Gasteiger partial charge on any atom is 0.296 e. The van der Waals surface area contributed by atoms with Crippen molar-refractivity contribution >= 4 is 91.3 Å². The van der Waals surface area contributed by atoms with Crippen LogP contribution in [-0.4, -0.2) is 13.0 Å². The molecule has 0 atom stereocenters.